The molecule has 1 amide bonds. The first-order chi connectivity index (χ1) is 15.8. The first kappa shape index (κ1) is 21.6. The number of nitrogens with one attached hydrogen (secondary N) is 1. The van der Waals surface area contributed by atoms with Gasteiger partial charge in [0.25, 0.3) is 0 Å². The summed E-state index contributed by atoms with van der Waals surface area (Å²) < 4.78 is 43.4. The van der Waals surface area contributed by atoms with Gasteiger partial charge in [0.05, 0.1) is 12.1 Å². The maximum Gasteiger partial charge on any atom is 0.433 e. The summed E-state index contributed by atoms with van der Waals surface area (Å²) in [5.74, 6) is 1.28. The normalized spacial score (nSPS) is 19.5. The SMILES string of the molecule is C[C@H](Nc1nccc(N2C(=O)OC[C@@H]2C2CC2)n1)c1cnc(-c2ccc(C(F)(F)F)nc2)s1. The molecule has 172 valence electrons. The number of carbonyl (C=O) groups is 1. The highest BCUT2D eigenvalue weighted by Gasteiger charge is 2.44. The highest BCUT2D eigenvalue weighted by molar-refractivity contribution is 7.15. The van der Waals surface area contributed by atoms with E-state index in [1.807, 2.05) is 6.92 Å². The maximum atomic E-state index is 12.7. The summed E-state index contributed by atoms with van der Waals surface area (Å²) in [4.78, 5) is 31.2. The smallest absolute Gasteiger partial charge is 0.433 e. The van der Waals surface area contributed by atoms with Crippen LogP contribution < -0.4 is 10.2 Å². The van der Waals surface area contributed by atoms with Crippen molar-refractivity contribution in [2.24, 2.45) is 5.92 Å². The number of nitrogens with zero attached hydrogens (tertiary/aromatic N) is 5. The Bertz CT molecular complexity index is 1170. The average Bonchev–Trinajstić information content (AvgIpc) is 3.37. The third kappa shape index (κ3) is 4.47. The van der Waals surface area contributed by atoms with Gasteiger partial charge in [-0.15, -0.1) is 11.3 Å². The van der Waals surface area contributed by atoms with Crippen LogP contribution in [0.1, 0.15) is 36.4 Å². The van der Waals surface area contributed by atoms with Gasteiger partial charge in [-0.05, 0) is 43.9 Å². The fraction of sp³-hybridized carbons (Fsp3) is 0.381. The van der Waals surface area contributed by atoms with Crippen LogP contribution in [-0.2, 0) is 10.9 Å². The molecule has 1 saturated heterocycles. The second-order valence-electron chi connectivity index (χ2n) is 7.95. The predicted octanol–water partition coefficient (Wildman–Crippen LogP) is 4.92. The van der Waals surface area contributed by atoms with E-state index in [4.69, 9.17) is 4.74 Å². The first-order valence-electron chi connectivity index (χ1n) is 10.3. The quantitative estimate of drug-likeness (QED) is 0.540. The minimum atomic E-state index is -4.48. The van der Waals surface area contributed by atoms with Gasteiger partial charge < -0.3 is 10.1 Å². The molecule has 8 nitrogen and oxygen atoms in total. The van der Waals surface area contributed by atoms with E-state index in [-0.39, 0.29) is 12.1 Å². The molecular weight excluding hydrogens is 457 g/mol. The molecule has 0 unspecified atom stereocenters. The van der Waals surface area contributed by atoms with E-state index in [9.17, 15) is 18.0 Å². The molecule has 1 saturated carbocycles. The minimum absolute atomic E-state index is 0.000860. The third-order valence-corrected chi connectivity index (χ3v) is 6.79. The molecule has 33 heavy (non-hydrogen) atoms. The highest BCUT2D eigenvalue weighted by atomic mass is 32.1. The van der Waals surface area contributed by atoms with Gasteiger partial charge in [0, 0.05) is 29.0 Å². The lowest BCUT2D eigenvalue weighted by Crippen LogP contribution is -2.35. The summed E-state index contributed by atoms with van der Waals surface area (Å²) in [5.41, 5.74) is -0.440. The Morgan fingerprint density at radius 1 is 1.18 bits per heavy atom. The van der Waals surface area contributed by atoms with Gasteiger partial charge in [-0.2, -0.15) is 18.2 Å². The summed E-state index contributed by atoms with van der Waals surface area (Å²) in [7, 11) is 0. The van der Waals surface area contributed by atoms with Gasteiger partial charge in [-0.3, -0.25) is 9.88 Å². The zero-order valence-electron chi connectivity index (χ0n) is 17.4. The number of pyridine rings is 1. The molecule has 3 aromatic heterocycles. The number of anilines is 2. The Hall–Kier alpha value is -3.28. The maximum absolute atomic E-state index is 12.7. The predicted molar refractivity (Wildman–Crippen MR) is 115 cm³/mol. The number of cyclic esters (lactones) is 1. The van der Waals surface area contributed by atoms with Crippen LogP contribution in [0.4, 0.5) is 29.7 Å². The minimum Gasteiger partial charge on any atom is -0.447 e. The molecule has 0 spiro atoms. The Morgan fingerprint density at radius 2 is 2.00 bits per heavy atom. The lowest BCUT2D eigenvalue weighted by Gasteiger charge is -2.20. The van der Waals surface area contributed by atoms with Crippen LogP contribution in [0.15, 0.2) is 36.8 Å². The van der Waals surface area contributed by atoms with Crippen molar-refractivity contribution in [2.75, 3.05) is 16.8 Å². The molecule has 0 bridgehead atoms. The standard InChI is InChI=1S/C21H19F3N6O2S/c1-11(15-9-27-18(33-15)13-4-5-16(26-8-13)21(22,23)24)28-19-25-7-6-17(29-19)30-14(12-2-3-12)10-32-20(30)31/h4-9,11-12,14H,2-3,10H2,1H3,(H,25,28,29)/t11-,14+/m0/s1. The number of hydrogen-bond donors (Lipinski definition) is 1. The summed E-state index contributed by atoms with van der Waals surface area (Å²) in [6.45, 7) is 2.27. The molecule has 4 heterocycles. The molecule has 3 aromatic rings. The number of thiazole rings is 1. The fourth-order valence-electron chi connectivity index (χ4n) is 3.65. The van der Waals surface area contributed by atoms with Gasteiger partial charge in [0.1, 0.15) is 23.1 Å². The van der Waals surface area contributed by atoms with E-state index >= 15 is 0 Å². The lowest BCUT2D eigenvalue weighted by molar-refractivity contribution is -0.141. The van der Waals surface area contributed by atoms with Gasteiger partial charge in [-0.25, -0.2) is 14.8 Å². The van der Waals surface area contributed by atoms with E-state index < -0.39 is 18.0 Å². The van der Waals surface area contributed by atoms with Gasteiger partial charge >= 0.3 is 12.3 Å². The van der Waals surface area contributed by atoms with Crippen LogP contribution in [0.3, 0.4) is 0 Å². The number of ether oxygens (including phenoxy) is 1. The molecule has 1 aliphatic carbocycles. The molecule has 0 radical (unpaired) electrons. The lowest BCUT2D eigenvalue weighted by atomic mass is 10.2. The summed E-state index contributed by atoms with van der Waals surface area (Å²) in [6.07, 6.45) is 1.67. The van der Waals surface area contributed by atoms with E-state index in [1.165, 1.54) is 23.6 Å². The first-order valence-corrected chi connectivity index (χ1v) is 11.2. The van der Waals surface area contributed by atoms with Crippen LogP contribution in [0.2, 0.25) is 0 Å². The number of halogens is 3. The largest absolute Gasteiger partial charge is 0.447 e. The Kier molecular flexibility index (Phi) is 5.39. The molecule has 12 heteroatoms. The molecule has 5 rings (SSSR count). The van der Waals surface area contributed by atoms with Crippen LogP contribution in [0.25, 0.3) is 10.6 Å². The van der Waals surface area contributed by atoms with Crippen molar-refractivity contribution in [3.05, 3.63) is 47.4 Å². The van der Waals surface area contributed by atoms with E-state index in [1.54, 1.807) is 23.4 Å². The summed E-state index contributed by atoms with van der Waals surface area (Å²) >= 11 is 1.33. The van der Waals surface area contributed by atoms with Crippen molar-refractivity contribution in [2.45, 2.75) is 38.0 Å². The number of aromatic nitrogens is 4. The van der Waals surface area contributed by atoms with Gasteiger partial charge in [-0.1, -0.05) is 0 Å². The zero-order valence-corrected chi connectivity index (χ0v) is 18.2. The van der Waals surface area contributed by atoms with Crippen LogP contribution in [0.5, 0.6) is 0 Å². The number of alkyl halides is 3. The molecule has 0 aromatic carbocycles. The van der Waals surface area contributed by atoms with Crippen LogP contribution >= 0.6 is 11.3 Å². The number of carbonyl (C=O) groups excluding carboxylic acids is 1. The number of amides is 1. The van der Waals surface area contributed by atoms with E-state index in [0.717, 1.165) is 23.8 Å². The second kappa shape index (κ2) is 8.25. The molecular formula is C21H19F3N6O2S. The van der Waals surface area contributed by atoms with Gasteiger partial charge in [0.15, 0.2) is 0 Å². The van der Waals surface area contributed by atoms with Crippen molar-refractivity contribution in [3.8, 4) is 10.6 Å². The van der Waals surface area contributed by atoms with Crippen molar-refractivity contribution in [1.29, 1.82) is 0 Å². The zero-order chi connectivity index (χ0) is 23.2. The van der Waals surface area contributed by atoms with Gasteiger partial charge in [0.2, 0.25) is 5.95 Å². The summed E-state index contributed by atoms with van der Waals surface area (Å²) in [5, 5.41) is 3.75. The Labute approximate surface area is 190 Å². The third-order valence-electron chi connectivity index (χ3n) is 5.56. The molecule has 2 atom stereocenters. The highest BCUT2D eigenvalue weighted by Crippen LogP contribution is 2.39. The van der Waals surface area contributed by atoms with E-state index in [2.05, 4.69) is 25.3 Å². The number of rotatable bonds is 6. The van der Waals surface area contributed by atoms with Crippen molar-refractivity contribution in [1.82, 2.24) is 19.9 Å². The van der Waals surface area contributed by atoms with Crippen LogP contribution in [-0.4, -0.2) is 38.7 Å². The van der Waals surface area contributed by atoms with Crippen LogP contribution in [0, 0.1) is 5.92 Å². The molecule has 1 N–H and O–H groups in total. The topological polar surface area (TPSA) is 93.1 Å². The summed E-state index contributed by atoms with van der Waals surface area (Å²) in [6, 6.07) is 3.75. The van der Waals surface area contributed by atoms with Crippen molar-refractivity contribution >= 4 is 29.2 Å². The van der Waals surface area contributed by atoms with E-state index in [0.29, 0.717) is 34.9 Å². The average molecular weight is 476 g/mol. The van der Waals surface area contributed by atoms with Crippen molar-refractivity contribution in [3.63, 3.8) is 0 Å². The van der Waals surface area contributed by atoms with Crippen molar-refractivity contribution < 1.29 is 22.7 Å². The molecule has 2 aliphatic rings. The second-order valence-corrected chi connectivity index (χ2v) is 9.02. The monoisotopic (exact) mass is 476 g/mol. The molecule has 1 aliphatic heterocycles. The Morgan fingerprint density at radius 3 is 2.70 bits per heavy atom. The Balaban J connectivity index is 1.30. The fourth-order valence-corrected chi connectivity index (χ4v) is 4.56. The molecule has 2 fully saturated rings. The number of hydrogen-bond acceptors (Lipinski definition) is 8.